The van der Waals surface area contributed by atoms with Gasteiger partial charge in [0.1, 0.15) is 17.4 Å². The average Bonchev–Trinajstić information content (AvgIpc) is 2.46. The minimum atomic E-state index is -4.65. The molecule has 23 heavy (non-hydrogen) atoms. The van der Waals surface area contributed by atoms with Crippen molar-refractivity contribution in [3.8, 4) is 5.75 Å². The second kappa shape index (κ2) is 6.16. The highest BCUT2D eigenvalue weighted by Gasteiger charge is 2.25. The third kappa shape index (κ3) is 3.37. The number of rotatable bonds is 5. The molecule has 10 heteroatoms. The Morgan fingerprint density at radius 3 is 2.30 bits per heavy atom. The summed E-state index contributed by atoms with van der Waals surface area (Å²) in [6.07, 6.45) is 0. The van der Waals surface area contributed by atoms with Crippen LogP contribution in [-0.2, 0) is 10.0 Å². The molecule has 0 bridgehead atoms. The van der Waals surface area contributed by atoms with Gasteiger partial charge in [0.15, 0.2) is 4.90 Å². The fourth-order valence-electron chi connectivity index (χ4n) is 1.82. The van der Waals surface area contributed by atoms with Crippen LogP contribution >= 0.6 is 0 Å². The van der Waals surface area contributed by atoms with Crippen LogP contribution in [0.25, 0.3) is 0 Å². The van der Waals surface area contributed by atoms with Gasteiger partial charge in [-0.25, -0.2) is 17.2 Å². The zero-order chi connectivity index (χ0) is 17.2. The first-order valence-corrected chi connectivity index (χ1v) is 7.54. The van der Waals surface area contributed by atoms with E-state index >= 15 is 0 Å². The van der Waals surface area contributed by atoms with Crippen LogP contribution < -0.4 is 9.46 Å². The van der Waals surface area contributed by atoms with Crippen molar-refractivity contribution < 1.29 is 26.9 Å². The predicted molar refractivity (Wildman–Crippen MR) is 76.8 cm³/mol. The van der Waals surface area contributed by atoms with Crippen molar-refractivity contribution in [2.75, 3.05) is 11.8 Å². The monoisotopic (exact) mass is 344 g/mol. The van der Waals surface area contributed by atoms with E-state index in [1.165, 1.54) is 7.11 Å². The minimum absolute atomic E-state index is 0.0454. The Hall–Kier alpha value is -2.75. The van der Waals surface area contributed by atoms with Crippen molar-refractivity contribution in [2.24, 2.45) is 0 Å². The number of sulfonamides is 1. The number of hydrogen-bond acceptors (Lipinski definition) is 5. The zero-order valence-electron chi connectivity index (χ0n) is 11.6. The van der Waals surface area contributed by atoms with E-state index in [0.29, 0.717) is 0 Å². The van der Waals surface area contributed by atoms with Crippen LogP contribution in [0.4, 0.5) is 20.2 Å². The maximum atomic E-state index is 13.6. The summed E-state index contributed by atoms with van der Waals surface area (Å²) in [6, 6.07) is 5.71. The Kier molecular flexibility index (Phi) is 4.45. The largest absolute Gasteiger partial charge is 0.495 e. The molecule has 0 saturated heterocycles. The molecule has 0 aliphatic rings. The van der Waals surface area contributed by atoms with Crippen LogP contribution in [0.15, 0.2) is 41.3 Å². The summed E-state index contributed by atoms with van der Waals surface area (Å²) >= 11 is 0. The van der Waals surface area contributed by atoms with Crippen molar-refractivity contribution in [1.82, 2.24) is 0 Å². The maximum Gasteiger partial charge on any atom is 0.271 e. The summed E-state index contributed by atoms with van der Waals surface area (Å²) in [5.41, 5.74) is -0.734. The smallest absolute Gasteiger partial charge is 0.271 e. The van der Waals surface area contributed by atoms with E-state index in [9.17, 15) is 27.3 Å². The van der Waals surface area contributed by atoms with E-state index in [1.54, 1.807) is 0 Å². The first-order chi connectivity index (χ1) is 10.8. The Morgan fingerprint density at radius 2 is 1.78 bits per heavy atom. The van der Waals surface area contributed by atoms with Crippen molar-refractivity contribution in [3.05, 3.63) is 58.1 Å². The molecular weight excluding hydrogens is 334 g/mol. The number of methoxy groups -OCH3 is 1. The van der Waals surface area contributed by atoms with Crippen molar-refractivity contribution in [1.29, 1.82) is 0 Å². The molecule has 2 rings (SSSR count). The quantitative estimate of drug-likeness (QED) is 0.664. The number of halogens is 2. The summed E-state index contributed by atoms with van der Waals surface area (Å²) in [6.45, 7) is 0. The lowest BCUT2D eigenvalue weighted by Gasteiger charge is -2.12. The fourth-order valence-corrected chi connectivity index (χ4v) is 3.02. The normalized spacial score (nSPS) is 11.1. The van der Waals surface area contributed by atoms with Crippen LogP contribution in [0.5, 0.6) is 5.75 Å². The Labute approximate surface area is 129 Å². The number of nitrogens with one attached hydrogen (secondary N) is 1. The van der Waals surface area contributed by atoms with Gasteiger partial charge in [0.05, 0.1) is 17.7 Å². The second-order valence-corrected chi connectivity index (χ2v) is 5.92. The van der Waals surface area contributed by atoms with Gasteiger partial charge in [-0.15, -0.1) is 0 Å². The van der Waals surface area contributed by atoms with Gasteiger partial charge in [-0.2, -0.15) is 0 Å². The minimum Gasteiger partial charge on any atom is -0.495 e. The summed E-state index contributed by atoms with van der Waals surface area (Å²) in [7, 11) is -3.44. The predicted octanol–water partition coefficient (Wildman–Crippen LogP) is 2.68. The van der Waals surface area contributed by atoms with Crippen LogP contribution in [0.2, 0.25) is 0 Å². The summed E-state index contributed by atoms with van der Waals surface area (Å²) in [5, 5.41) is 10.8. The van der Waals surface area contributed by atoms with Crippen molar-refractivity contribution in [3.63, 3.8) is 0 Å². The lowest BCUT2D eigenvalue weighted by molar-refractivity contribution is -0.384. The lowest BCUT2D eigenvalue weighted by atomic mass is 10.2. The molecule has 0 aliphatic carbocycles. The Bertz CT molecular complexity index is 850. The number of nitrogens with zero attached hydrogens (tertiary/aromatic N) is 1. The van der Waals surface area contributed by atoms with E-state index in [-0.39, 0.29) is 11.4 Å². The van der Waals surface area contributed by atoms with Gasteiger partial charge in [-0.3, -0.25) is 14.8 Å². The Morgan fingerprint density at radius 1 is 1.17 bits per heavy atom. The molecule has 7 nitrogen and oxygen atoms in total. The van der Waals surface area contributed by atoms with Crippen LogP contribution in [0.1, 0.15) is 0 Å². The number of nitro groups is 1. The molecule has 0 unspecified atom stereocenters. The third-order valence-electron chi connectivity index (χ3n) is 2.83. The van der Waals surface area contributed by atoms with E-state index in [1.807, 2.05) is 4.72 Å². The van der Waals surface area contributed by atoms with Gasteiger partial charge in [0, 0.05) is 12.1 Å². The van der Waals surface area contributed by atoms with Gasteiger partial charge in [-0.05, 0) is 18.2 Å². The number of ether oxygens (including phenoxy) is 1. The van der Waals surface area contributed by atoms with E-state index in [0.717, 1.165) is 36.4 Å². The molecule has 0 atom stereocenters. The van der Waals surface area contributed by atoms with Gasteiger partial charge in [-0.1, -0.05) is 6.07 Å². The topological polar surface area (TPSA) is 98.5 Å². The number of benzene rings is 2. The van der Waals surface area contributed by atoms with E-state index < -0.39 is 37.2 Å². The molecule has 122 valence electrons. The van der Waals surface area contributed by atoms with Crippen molar-refractivity contribution in [2.45, 2.75) is 4.90 Å². The second-order valence-electron chi connectivity index (χ2n) is 4.30. The number of non-ortho nitro benzene ring substituents is 1. The fraction of sp³-hybridized carbons (Fsp3) is 0.0769. The molecule has 0 spiro atoms. The maximum absolute atomic E-state index is 13.6. The van der Waals surface area contributed by atoms with Crippen LogP contribution in [0, 0.1) is 21.7 Å². The molecule has 0 heterocycles. The highest BCUT2D eigenvalue weighted by molar-refractivity contribution is 7.92. The van der Waals surface area contributed by atoms with E-state index in [2.05, 4.69) is 0 Å². The molecule has 2 aromatic carbocycles. The number of hydrogen-bond donors (Lipinski definition) is 1. The van der Waals surface area contributed by atoms with Gasteiger partial charge < -0.3 is 4.74 Å². The van der Waals surface area contributed by atoms with Crippen molar-refractivity contribution >= 4 is 21.4 Å². The third-order valence-corrected chi connectivity index (χ3v) is 4.24. The average molecular weight is 344 g/mol. The van der Waals surface area contributed by atoms with Gasteiger partial charge in [0.25, 0.3) is 15.7 Å². The van der Waals surface area contributed by atoms with Gasteiger partial charge in [0.2, 0.25) is 0 Å². The van der Waals surface area contributed by atoms with E-state index in [4.69, 9.17) is 4.74 Å². The highest BCUT2D eigenvalue weighted by atomic mass is 32.2. The molecule has 0 aromatic heterocycles. The molecule has 0 saturated carbocycles. The van der Waals surface area contributed by atoms with Crippen LogP contribution in [0.3, 0.4) is 0 Å². The molecule has 0 aliphatic heterocycles. The standard InChI is InChI=1S/C13H10F2N2O5S/c1-22-12-6-5-8(17(18)19)7-11(12)16-23(20,21)13-9(14)3-2-4-10(13)15/h2-7,16H,1H3. The summed E-state index contributed by atoms with van der Waals surface area (Å²) in [4.78, 5) is 8.83. The molecular formula is C13H10F2N2O5S. The summed E-state index contributed by atoms with van der Waals surface area (Å²) in [5.74, 6) is -2.63. The number of anilines is 1. The Balaban J connectivity index is 2.53. The molecule has 0 amide bonds. The lowest BCUT2D eigenvalue weighted by Crippen LogP contribution is -2.17. The first-order valence-electron chi connectivity index (χ1n) is 6.05. The molecule has 0 fully saturated rings. The zero-order valence-corrected chi connectivity index (χ0v) is 12.4. The summed E-state index contributed by atoms with van der Waals surface area (Å²) < 4.78 is 58.4. The molecule has 1 N–H and O–H groups in total. The van der Waals surface area contributed by atoms with Crippen LogP contribution in [-0.4, -0.2) is 20.5 Å². The number of nitro benzene ring substituents is 1. The highest BCUT2D eigenvalue weighted by Crippen LogP contribution is 2.31. The molecule has 2 aromatic rings. The molecule has 0 radical (unpaired) electrons. The first kappa shape index (κ1) is 16.6. The van der Waals surface area contributed by atoms with Gasteiger partial charge >= 0.3 is 0 Å². The SMILES string of the molecule is COc1ccc([N+](=O)[O-])cc1NS(=O)(=O)c1c(F)cccc1F.